The van der Waals surface area contributed by atoms with Crippen LogP contribution in [0.3, 0.4) is 0 Å². The summed E-state index contributed by atoms with van der Waals surface area (Å²) in [6.07, 6.45) is 5.43. The Morgan fingerprint density at radius 3 is 2.58 bits per heavy atom. The van der Waals surface area contributed by atoms with E-state index in [-0.39, 0.29) is 12.4 Å². The third-order valence-corrected chi connectivity index (χ3v) is 4.44. The maximum absolute atomic E-state index is 3.73. The van der Waals surface area contributed by atoms with E-state index in [1.807, 2.05) is 0 Å². The number of nitrogens with one attached hydrogen (secondary N) is 2. The van der Waals surface area contributed by atoms with E-state index in [9.17, 15) is 0 Å². The lowest BCUT2D eigenvalue weighted by Crippen LogP contribution is -2.30. The van der Waals surface area contributed by atoms with Crippen LogP contribution in [0.4, 0.5) is 0 Å². The molecular formula is C16H25ClN2. The minimum Gasteiger partial charge on any atom is -0.317 e. The van der Waals surface area contributed by atoms with E-state index in [1.165, 1.54) is 50.9 Å². The minimum absolute atomic E-state index is 0. The summed E-state index contributed by atoms with van der Waals surface area (Å²) in [6.45, 7) is 3.65. The standard InChI is InChI=1S/C16H24N2.ClH/c1-2-4-14(5-3-1)15-12-16(15)18-11-8-13-6-9-17-10-7-13;/h1-5,13,15-18H,6-12H2;1H/t15-,16+;/m0./s1. The van der Waals surface area contributed by atoms with Crippen LogP contribution in [0.1, 0.15) is 37.2 Å². The molecule has 1 aliphatic carbocycles. The summed E-state index contributed by atoms with van der Waals surface area (Å²) in [5.74, 6) is 1.73. The first-order chi connectivity index (χ1) is 8.93. The first kappa shape index (κ1) is 14.8. The van der Waals surface area contributed by atoms with E-state index in [0.29, 0.717) is 0 Å². The molecule has 0 spiro atoms. The van der Waals surface area contributed by atoms with Crippen molar-refractivity contribution in [1.82, 2.24) is 10.6 Å². The second-order valence-corrected chi connectivity index (χ2v) is 5.80. The lowest BCUT2D eigenvalue weighted by molar-refractivity contribution is 0.347. The molecule has 1 aromatic rings. The SMILES string of the molecule is Cl.c1ccc([C@@H]2C[C@H]2NCCC2CCNCC2)cc1. The Bertz CT molecular complexity index is 362. The van der Waals surface area contributed by atoms with Gasteiger partial charge in [-0.3, -0.25) is 0 Å². The van der Waals surface area contributed by atoms with Gasteiger partial charge in [0.2, 0.25) is 0 Å². The molecule has 2 N–H and O–H groups in total. The highest BCUT2D eigenvalue weighted by molar-refractivity contribution is 5.85. The number of hydrogen-bond acceptors (Lipinski definition) is 2. The Balaban J connectivity index is 0.00000133. The Labute approximate surface area is 122 Å². The first-order valence-corrected chi connectivity index (χ1v) is 7.42. The van der Waals surface area contributed by atoms with Crippen LogP contribution in [-0.2, 0) is 0 Å². The van der Waals surface area contributed by atoms with Crippen LogP contribution in [0.2, 0.25) is 0 Å². The molecule has 3 rings (SSSR count). The van der Waals surface area contributed by atoms with Gasteiger partial charge in [-0.1, -0.05) is 30.3 Å². The second kappa shape index (κ2) is 7.28. The van der Waals surface area contributed by atoms with Crippen LogP contribution < -0.4 is 10.6 Å². The molecule has 0 amide bonds. The number of benzene rings is 1. The minimum atomic E-state index is 0. The van der Waals surface area contributed by atoms with Crippen LogP contribution in [0.25, 0.3) is 0 Å². The van der Waals surface area contributed by atoms with Crippen molar-refractivity contribution >= 4 is 12.4 Å². The smallest absolute Gasteiger partial charge is 0.0143 e. The summed E-state index contributed by atoms with van der Waals surface area (Å²) in [5.41, 5.74) is 1.51. The van der Waals surface area contributed by atoms with Crippen molar-refractivity contribution in [1.29, 1.82) is 0 Å². The average molecular weight is 281 g/mol. The lowest BCUT2D eigenvalue weighted by atomic mass is 9.95. The van der Waals surface area contributed by atoms with Gasteiger partial charge in [-0.05, 0) is 56.8 Å². The molecule has 0 aromatic heterocycles. The first-order valence-electron chi connectivity index (χ1n) is 7.42. The molecule has 2 atom stereocenters. The highest BCUT2D eigenvalue weighted by atomic mass is 35.5. The van der Waals surface area contributed by atoms with Crippen molar-refractivity contribution in [2.45, 2.75) is 37.6 Å². The van der Waals surface area contributed by atoms with Crippen LogP contribution >= 0.6 is 12.4 Å². The van der Waals surface area contributed by atoms with Crippen LogP contribution in [-0.4, -0.2) is 25.7 Å². The molecule has 19 heavy (non-hydrogen) atoms. The molecule has 106 valence electrons. The van der Waals surface area contributed by atoms with Crippen molar-refractivity contribution in [3.63, 3.8) is 0 Å². The average Bonchev–Trinajstić information content (AvgIpc) is 3.21. The van der Waals surface area contributed by atoms with Gasteiger partial charge in [0.25, 0.3) is 0 Å². The van der Waals surface area contributed by atoms with Crippen LogP contribution in [0.5, 0.6) is 0 Å². The van der Waals surface area contributed by atoms with Crippen molar-refractivity contribution in [3.05, 3.63) is 35.9 Å². The molecular weight excluding hydrogens is 256 g/mol. The molecule has 1 aliphatic heterocycles. The maximum Gasteiger partial charge on any atom is 0.0143 e. The van der Waals surface area contributed by atoms with Crippen molar-refractivity contribution in [2.24, 2.45) is 5.92 Å². The molecule has 2 fully saturated rings. The van der Waals surface area contributed by atoms with E-state index in [0.717, 1.165) is 17.9 Å². The number of rotatable bonds is 5. The fourth-order valence-electron chi connectivity index (χ4n) is 3.13. The molecule has 2 aliphatic rings. The largest absolute Gasteiger partial charge is 0.317 e. The molecule has 1 heterocycles. The summed E-state index contributed by atoms with van der Waals surface area (Å²) in [4.78, 5) is 0. The van der Waals surface area contributed by atoms with Gasteiger partial charge < -0.3 is 10.6 Å². The predicted molar refractivity (Wildman–Crippen MR) is 83.0 cm³/mol. The third-order valence-electron chi connectivity index (χ3n) is 4.44. The van der Waals surface area contributed by atoms with Crippen LogP contribution in [0, 0.1) is 5.92 Å². The lowest BCUT2D eigenvalue weighted by Gasteiger charge is -2.22. The quantitative estimate of drug-likeness (QED) is 0.867. The summed E-state index contributed by atoms with van der Waals surface area (Å²) in [7, 11) is 0. The summed E-state index contributed by atoms with van der Waals surface area (Å²) in [5, 5.41) is 7.17. The molecule has 1 aromatic carbocycles. The van der Waals surface area contributed by atoms with Gasteiger partial charge in [-0.2, -0.15) is 0 Å². The molecule has 0 radical (unpaired) electrons. The zero-order valence-electron chi connectivity index (χ0n) is 11.5. The number of hydrogen-bond donors (Lipinski definition) is 2. The molecule has 3 heteroatoms. The predicted octanol–water partition coefficient (Wildman–Crippen LogP) is 2.94. The zero-order chi connectivity index (χ0) is 12.2. The fourth-order valence-corrected chi connectivity index (χ4v) is 3.13. The monoisotopic (exact) mass is 280 g/mol. The normalized spacial score (nSPS) is 26.7. The fraction of sp³-hybridized carbons (Fsp3) is 0.625. The van der Waals surface area contributed by atoms with Gasteiger partial charge in [-0.25, -0.2) is 0 Å². The second-order valence-electron chi connectivity index (χ2n) is 5.80. The number of piperidine rings is 1. The Morgan fingerprint density at radius 1 is 1.11 bits per heavy atom. The van der Waals surface area contributed by atoms with Crippen molar-refractivity contribution < 1.29 is 0 Å². The van der Waals surface area contributed by atoms with E-state index in [2.05, 4.69) is 41.0 Å². The molecule has 2 nitrogen and oxygen atoms in total. The highest BCUT2D eigenvalue weighted by Gasteiger charge is 2.37. The van der Waals surface area contributed by atoms with Crippen LogP contribution in [0.15, 0.2) is 30.3 Å². The Kier molecular flexibility index (Phi) is 5.68. The molecule has 1 saturated heterocycles. The van der Waals surface area contributed by atoms with E-state index in [1.54, 1.807) is 0 Å². The third kappa shape index (κ3) is 4.20. The van der Waals surface area contributed by atoms with Gasteiger partial charge in [-0.15, -0.1) is 12.4 Å². The van der Waals surface area contributed by atoms with Crippen molar-refractivity contribution in [3.8, 4) is 0 Å². The zero-order valence-corrected chi connectivity index (χ0v) is 12.3. The summed E-state index contributed by atoms with van der Waals surface area (Å²) < 4.78 is 0. The van der Waals surface area contributed by atoms with Gasteiger partial charge in [0, 0.05) is 12.0 Å². The molecule has 1 saturated carbocycles. The van der Waals surface area contributed by atoms with Crippen molar-refractivity contribution in [2.75, 3.05) is 19.6 Å². The van der Waals surface area contributed by atoms with E-state index in [4.69, 9.17) is 0 Å². The van der Waals surface area contributed by atoms with E-state index >= 15 is 0 Å². The summed E-state index contributed by atoms with van der Waals surface area (Å²) >= 11 is 0. The highest BCUT2D eigenvalue weighted by Crippen LogP contribution is 2.40. The maximum atomic E-state index is 3.73. The van der Waals surface area contributed by atoms with E-state index < -0.39 is 0 Å². The topological polar surface area (TPSA) is 24.1 Å². The Morgan fingerprint density at radius 2 is 1.84 bits per heavy atom. The molecule has 0 bridgehead atoms. The van der Waals surface area contributed by atoms with Gasteiger partial charge in [0.05, 0.1) is 0 Å². The summed E-state index contributed by atoms with van der Waals surface area (Å²) in [6, 6.07) is 11.7. The number of halogens is 1. The molecule has 0 unspecified atom stereocenters. The van der Waals surface area contributed by atoms with Gasteiger partial charge >= 0.3 is 0 Å². The van der Waals surface area contributed by atoms with Gasteiger partial charge in [0.15, 0.2) is 0 Å². The van der Waals surface area contributed by atoms with Gasteiger partial charge in [0.1, 0.15) is 0 Å². The Hall–Kier alpha value is -0.570.